The maximum Gasteiger partial charge on any atom is 0.254 e. The summed E-state index contributed by atoms with van der Waals surface area (Å²) < 4.78 is 7.18. The summed E-state index contributed by atoms with van der Waals surface area (Å²) in [5.74, 6) is -0.0534. The molecule has 6 heteroatoms. The third-order valence-electron chi connectivity index (χ3n) is 4.27. The molecule has 1 aliphatic heterocycles. The van der Waals surface area contributed by atoms with Crippen LogP contribution < -0.4 is 5.32 Å². The Hall–Kier alpha value is -2.18. The first-order chi connectivity index (χ1) is 11.8. The number of hydrogen-bond donors (Lipinski definition) is 1. The number of nitrogens with zero attached hydrogens (tertiary/aromatic N) is 3. The standard InChI is InChI=1S/C18H24N4O2/c1-2-17-16(14-20-22(17)15-6-4-3-5-7-15)18(23)19-8-9-21-10-12-24-13-11-21/h3-7,14H,2,8-13H2,1H3,(H,19,23). The monoisotopic (exact) mass is 328 g/mol. The van der Waals surface area contributed by atoms with Gasteiger partial charge in [0.25, 0.3) is 5.91 Å². The number of hydrogen-bond acceptors (Lipinski definition) is 4. The Labute approximate surface area is 142 Å². The van der Waals surface area contributed by atoms with E-state index in [9.17, 15) is 4.79 Å². The first-order valence-electron chi connectivity index (χ1n) is 8.50. The van der Waals surface area contributed by atoms with E-state index in [0.717, 1.165) is 50.7 Å². The lowest BCUT2D eigenvalue weighted by Gasteiger charge is -2.26. The fourth-order valence-electron chi connectivity index (χ4n) is 2.94. The van der Waals surface area contributed by atoms with Crippen LogP contribution >= 0.6 is 0 Å². The minimum Gasteiger partial charge on any atom is -0.379 e. The second-order valence-corrected chi connectivity index (χ2v) is 5.82. The first-order valence-corrected chi connectivity index (χ1v) is 8.50. The fraction of sp³-hybridized carbons (Fsp3) is 0.444. The number of nitrogens with one attached hydrogen (secondary N) is 1. The van der Waals surface area contributed by atoms with Gasteiger partial charge in [-0.1, -0.05) is 25.1 Å². The van der Waals surface area contributed by atoms with Crippen LogP contribution in [0.1, 0.15) is 23.0 Å². The SMILES string of the molecule is CCc1c(C(=O)NCCN2CCOCC2)cnn1-c1ccccc1. The van der Waals surface area contributed by atoms with Gasteiger partial charge in [0, 0.05) is 26.2 Å². The molecule has 1 amide bonds. The van der Waals surface area contributed by atoms with Crippen molar-refractivity contribution in [2.75, 3.05) is 39.4 Å². The summed E-state index contributed by atoms with van der Waals surface area (Å²) >= 11 is 0. The fourth-order valence-corrected chi connectivity index (χ4v) is 2.94. The molecule has 0 radical (unpaired) electrons. The smallest absolute Gasteiger partial charge is 0.254 e. The van der Waals surface area contributed by atoms with Crippen LogP contribution in [-0.4, -0.2) is 60.0 Å². The molecule has 3 rings (SSSR count). The molecule has 0 spiro atoms. The van der Waals surface area contributed by atoms with Crippen LogP contribution in [0.4, 0.5) is 0 Å². The predicted molar refractivity (Wildman–Crippen MR) is 92.5 cm³/mol. The molecule has 2 aromatic rings. The van der Waals surface area contributed by atoms with E-state index >= 15 is 0 Å². The van der Waals surface area contributed by atoms with Crippen molar-refractivity contribution in [1.29, 1.82) is 0 Å². The van der Waals surface area contributed by atoms with Gasteiger partial charge in [-0.25, -0.2) is 4.68 Å². The molecule has 0 saturated carbocycles. The number of ether oxygens (including phenoxy) is 1. The lowest BCUT2D eigenvalue weighted by Crippen LogP contribution is -2.41. The zero-order valence-corrected chi connectivity index (χ0v) is 14.1. The van der Waals surface area contributed by atoms with E-state index in [1.54, 1.807) is 6.20 Å². The molecule has 128 valence electrons. The largest absolute Gasteiger partial charge is 0.379 e. The molecule has 1 N–H and O–H groups in total. The highest BCUT2D eigenvalue weighted by Crippen LogP contribution is 2.15. The lowest BCUT2D eigenvalue weighted by molar-refractivity contribution is 0.0383. The van der Waals surface area contributed by atoms with Crippen molar-refractivity contribution in [2.24, 2.45) is 0 Å². The van der Waals surface area contributed by atoms with Gasteiger partial charge in [-0.15, -0.1) is 0 Å². The van der Waals surface area contributed by atoms with Crippen LogP contribution in [0.5, 0.6) is 0 Å². The molecule has 1 aromatic heterocycles. The Bertz CT molecular complexity index is 663. The van der Waals surface area contributed by atoms with Gasteiger partial charge in [-0.05, 0) is 18.6 Å². The van der Waals surface area contributed by atoms with Crippen molar-refractivity contribution in [1.82, 2.24) is 20.0 Å². The Morgan fingerprint density at radius 2 is 2.00 bits per heavy atom. The summed E-state index contributed by atoms with van der Waals surface area (Å²) in [7, 11) is 0. The number of amides is 1. The van der Waals surface area contributed by atoms with Gasteiger partial charge in [0.15, 0.2) is 0 Å². The minimum absolute atomic E-state index is 0.0534. The number of carbonyl (C=O) groups is 1. The second kappa shape index (κ2) is 8.08. The van der Waals surface area contributed by atoms with E-state index in [-0.39, 0.29) is 5.91 Å². The summed E-state index contributed by atoms with van der Waals surface area (Å²) in [4.78, 5) is 14.8. The maximum absolute atomic E-state index is 12.5. The summed E-state index contributed by atoms with van der Waals surface area (Å²) in [5.41, 5.74) is 2.56. The highest BCUT2D eigenvalue weighted by Gasteiger charge is 2.17. The van der Waals surface area contributed by atoms with Gasteiger partial charge >= 0.3 is 0 Å². The van der Waals surface area contributed by atoms with Crippen molar-refractivity contribution >= 4 is 5.91 Å². The van der Waals surface area contributed by atoms with E-state index < -0.39 is 0 Å². The van der Waals surface area contributed by atoms with Crippen LogP contribution in [0.25, 0.3) is 5.69 Å². The van der Waals surface area contributed by atoms with Crippen LogP contribution in [0.15, 0.2) is 36.5 Å². The summed E-state index contributed by atoms with van der Waals surface area (Å²) in [6.07, 6.45) is 2.41. The molecule has 0 atom stereocenters. The van der Waals surface area contributed by atoms with E-state index in [1.807, 2.05) is 41.9 Å². The molecular formula is C18H24N4O2. The van der Waals surface area contributed by atoms with Gasteiger partial charge in [-0.3, -0.25) is 9.69 Å². The molecule has 0 aliphatic carbocycles. The highest BCUT2D eigenvalue weighted by molar-refractivity contribution is 5.95. The topological polar surface area (TPSA) is 59.4 Å². The Morgan fingerprint density at radius 1 is 1.25 bits per heavy atom. The Kier molecular flexibility index (Phi) is 5.61. The normalized spacial score (nSPS) is 15.4. The van der Waals surface area contributed by atoms with E-state index in [1.165, 1.54) is 0 Å². The van der Waals surface area contributed by atoms with Crippen LogP contribution in [0, 0.1) is 0 Å². The number of carbonyl (C=O) groups excluding carboxylic acids is 1. The molecule has 24 heavy (non-hydrogen) atoms. The summed E-state index contributed by atoms with van der Waals surface area (Å²) in [6, 6.07) is 9.90. The third kappa shape index (κ3) is 3.83. The van der Waals surface area contributed by atoms with Crippen molar-refractivity contribution in [3.8, 4) is 5.69 Å². The molecular weight excluding hydrogens is 304 g/mol. The molecule has 0 bridgehead atoms. The Balaban J connectivity index is 1.63. The molecule has 6 nitrogen and oxygen atoms in total. The van der Waals surface area contributed by atoms with Crippen molar-refractivity contribution in [3.05, 3.63) is 47.8 Å². The van der Waals surface area contributed by atoms with Crippen LogP contribution in [-0.2, 0) is 11.2 Å². The maximum atomic E-state index is 12.5. The number of rotatable bonds is 6. The number of aromatic nitrogens is 2. The predicted octanol–water partition coefficient (Wildman–Crippen LogP) is 1.50. The van der Waals surface area contributed by atoms with Crippen LogP contribution in [0.2, 0.25) is 0 Å². The van der Waals surface area contributed by atoms with Gasteiger partial charge in [0.2, 0.25) is 0 Å². The molecule has 1 aromatic carbocycles. The molecule has 0 unspecified atom stereocenters. The molecule has 2 heterocycles. The lowest BCUT2D eigenvalue weighted by atomic mass is 10.2. The van der Waals surface area contributed by atoms with E-state index in [2.05, 4.69) is 15.3 Å². The third-order valence-corrected chi connectivity index (χ3v) is 4.27. The summed E-state index contributed by atoms with van der Waals surface area (Å²) in [6.45, 7) is 6.95. The number of para-hydroxylation sites is 1. The minimum atomic E-state index is -0.0534. The molecule has 1 saturated heterocycles. The quantitative estimate of drug-likeness (QED) is 0.873. The van der Waals surface area contributed by atoms with Gasteiger partial charge < -0.3 is 10.1 Å². The van der Waals surface area contributed by atoms with Crippen molar-refractivity contribution in [3.63, 3.8) is 0 Å². The van der Waals surface area contributed by atoms with Crippen molar-refractivity contribution in [2.45, 2.75) is 13.3 Å². The molecule has 1 aliphatic rings. The zero-order chi connectivity index (χ0) is 16.8. The van der Waals surface area contributed by atoms with Crippen LogP contribution in [0.3, 0.4) is 0 Å². The summed E-state index contributed by atoms with van der Waals surface area (Å²) in [5, 5.41) is 7.42. The zero-order valence-electron chi connectivity index (χ0n) is 14.1. The first kappa shape index (κ1) is 16.7. The van der Waals surface area contributed by atoms with E-state index in [0.29, 0.717) is 12.1 Å². The van der Waals surface area contributed by atoms with Crippen molar-refractivity contribution < 1.29 is 9.53 Å². The Morgan fingerprint density at radius 3 is 2.71 bits per heavy atom. The number of benzene rings is 1. The van der Waals surface area contributed by atoms with E-state index in [4.69, 9.17) is 4.74 Å². The average Bonchev–Trinajstić information content (AvgIpc) is 3.07. The molecule has 1 fully saturated rings. The van der Waals surface area contributed by atoms with Gasteiger partial charge in [-0.2, -0.15) is 5.10 Å². The van der Waals surface area contributed by atoms with Gasteiger partial charge in [0.1, 0.15) is 0 Å². The van der Waals surface area contributed by atoms with Gasteiger partial charge in [0.05, 0.1) is 36.4 Å². The highest BCUT2D eigenvalue weighted by atomic mass is 16.5. The average molecular weight is 328 g/mol. The second-order valence-electron chi connectivity index (χ2n) is 5.82. The number of morpholine rings is 1.